The third-order valence-electron chi connectivity index (χ3n) is 3.46. The number of esters is 1. The molecule has 0 spiro atoms. The number of benzene rings is 1. The van der Waals surface area contributed by atoms with E-state index < -0.39 is 17.5 Å². The fourth-order valence-corrected chi connectivity index (χ4v) is 2.39. The largest absolute Gasteiger partial charge is 0.467 e. The minimum absolute atomic E-state index is 0.370. The monoisotopic (exact) mass is 238 g/mol. The van der Waals surface area contributed by atoms with Crippen molar-refractivity contribution in [3.8, 4) is 0 Å². The molecule has 1 fully saturated rings. The lowest BCUT2D eigenvalue weighted by Crippen LogP contribution is -2.36. The van der Waals surface area contributed by atoms with E-state index in [0.717, 1.165) is 5.56 Å². The molecule has 0 bridgehead atoms. The van der Waals surface area contributed by atoms with E-state index in [0.29, 0.717) is 18.4 Å². The van der Waals surface area contributed by atoms with Gasteiger partial charge in [-0.05, 0) is 31.4 Å². The molecule has 1 atom stereocenters. The van der Waals surface area contributed by atoms with Gasteiger partial charge in [-0.1, -0.05) is 12.1 Å². The summed E-state index contributed by atoms with van der Waals surface area (Å²) < 4.78 is 18.4. The number of aliphatic hydroxyl groups excluding tert-OH is 1. The summed E-state index contributed by atoms with van der Waals surface area (Å²) in [6.45, 7) is 1.78. The van der Waals surface area contributed by atoms with Crippen LogP contribution in [-0.4, -0.2) is 24.3 Å². The average Bonchev–Trinajstić information content (AvgIpc) is 3.08. The number of rotatable bonds is 3. The van der Waals surface area contributed by atoms with E-state index in [9.17, 15) is 14.3 Å². The summed E-state index contributed by atoms with van der Waals surface area (Å²) in [5.74, 6) is -1.07. The van der Waals surface area contributed by atoms with Gasteiger partial charge in [-0.15, -0.1) is 0 Å². The van der Waals surface area contributed by atoms with Crippen LogP contribution in [0.2, 0.25) is 0 Å². The Morgan fingerprint density at radius 2 is 2.18 bits per heavy atom. The highest BCUT2D eigenvalue weighted by Gasteiger charge is 2.55. The van der Waals surface area contributed by atoms with Gasteiger partial charge in [0.2, 0.25) is 0 Å². The number of methoxy groups -OCH3 is 1. The molecule has 0 aliphatic heterocycles. The fraction of sp³-hybridized carbons (Fsp3) is 0.462. The zero-order valence-corrected chi connectivity index (χ0v) is 9.87. The average molecular weight is 238 g/mol. The fourth-order valence-electron chi connectivity index (χ4n) is 2.39. The third kappa shape index (κ3) is 1.82. The summed E-state index contributed by atoms with van der Waals surface area (Å²) >= 11 is 0. The van der Waals surface area contributed by atoms with Crippen molar-refractivity contribution >= 4 is 5.97 Å². The molecule has 17 heavy (non-hydrogen) atoms. The van der Waals surface area contributed by atoms with Crippen LogP contribution < -0.4 is 0 Å². The Kier molecular flexibility index (Phi) is 2.91. The van der Waals surface area contributed by atoms with Gasteiger partial charge in [-0.25, -0.2) is 9.18 Å². The molecule has 1 aliphatic carbocycles. The highest BCUT2D eigenvalue weighted by Crippen LogP contribution is 2.53. The van der Waals surface area contributed by atoms with Crippen molar-refractivity contribution in [3.63, 3.8) is 0 Å². The van der Waals surface area contributed by atoms with E-state index in [1.165, 1.54) is 13.2 Å². The Balaban J connectivity index is 2.43. The zero-order valence-electron chi connectivity index (χ0n) is 9.87. The number of hydrogen-bond acceptors (Lipinski definition) is 3. The Bertz CT molecular complexity index is 432. The Hall–Kier alpha value is -1.42. The lowest BCUT2D eigenvalue weighted by Gasteiger charge is -2.22. The number of carbonyl (C=O) groups excluding carboxylic acids is 1. The molecule has 3 nitrogen and oxygen atoms in total. The van der Waals surface area contributed by atoms with Crippen LogP contribution >= 0.6 is 0 Å². The van der Waals surface area contributed by atoms with Gasteiger partial charge >= 0.3 is 5.97 Å². The van der Waals surface area contributed by atoms with Crippen molar-refractivity contribution in [1.29, 1.82) is 0 Å². The molecule has 1 N–H and O–H groups in total. The van der Waals surface area contributed by atoms with Crippen molar-refractivity contribution in [2.75, 3.05) is 7.11 Å². The van der Waals surface area contributed by atoms with Gasteiger partial charge in [-0.3, -0.25) is 0 Å². The second kappa shape index (κ2) is 4.11. The molecule has 1 aromatic carbocycles. The number of aliphatic hydroxyl groups is 1. The third-order valence-corrected chi connectivity index (χ3v) is 3.46. The first kappa shape index (κ1) is 12.0. The van der Waals surface area contributed by atoms with Gasteiger partial charge in [0.1, 0.15) is 5.82 Å². The Labute approximate surface area is 99.2 Å². The molecule has 1 unspecified atom stereocenters. The zero-order chi connectivity index (χ0) is 12.6. The molecule has 1 aromatic rings. The smallest absolute Gasteiger partial charge is 0.335 e. The van der Waals surface area contributed by atoms with Crippen LogP contribution in [0.3, 0.4) is 0 Å². The predicted octanol–water partition coefficient (Wildman–Crippen LogP) is 1.70. The van der Waals surface area contributed by atoms with Crippen LogP contribution in [0.4, 0.5) is 4.39 Å². The van der Waals surface area contributed by atoms with Crippen LogP contribution in [0.15, 0.2) is 18.2 Å². The van der Waals surface area contributed by atoms with E-state index in [1.54, 1.807) is 19.1 Å². The molecule has 92 valence electrons. The molecule has 0 saturated heterocycles. The Morgan fingerprint density at radius 1 is 1.53 bits per heavy atom. The van der Waals surface area contributed by atoms with E-state index >= 15 is 0 Å². The number of halogens is 1. The normalized spacial score (nSPS) is 18.6. The molecule has 1 saturated carbocycles. The van der Waals surface area contributed by atoms with Crippen molar-refractivity contribution in [2.45, 2.75) is 31.3 Å². The van der Waals surface area contributed by atoms with Gasteiger partial charge in [-0.2, -0.15) is 0 Å². The van der Waals surface area contributed by atoms with E-state index in [1.807, 2.05) is 0 Å². The van der Waals surface area contributed by atoms with E-state index in [4.69, 9.17) is 0 Å². The van der Waals surface area contributed by atoms with Crippen molar-refractivity contribution < 1.29 is 19.0 Å². The number of carbonyl (C=O) groups is 1. The molecule has 0 heterocycles. The lowest BCUT2D eigenvalue weighted by atomic mass is 9.86. The molecule has 1 aliphatic rings. The summed E-state index contributed by atoms with van der Waals surface area (Å²) in [7, 11) is 1.22. The first-order chi connectivity index (χ1) is 8.03. The lowest BCUT2D eigenvalue weighted by molar-refractivity contribution is -0.152. The van der Waals surface area contributed by atoms with Gasteiger partial charge in [0.05, 0.1) is 7.11 Å². The van der Waals surface area contributed by atoms with Crippen LogP contribution in [0.25, 0.3) is 0 Å². The highest BCUT2D eigenvalue weighted by atomic mass is 19.1. The Morgan fingerprint density at radius 3 is 2.65 bits per heavy atom. The number of aryl methyl sites for hydroxylation is 1. The minimum Gasteiger partial charge on any atom is -0.467 e. The molecule has 0 radical (unpaired) electrons. The first-order valence-electron chi connectivity index (χ1n) is 5.54. The van der Waals surface area contributed by atoms with Gasteiger partial charge in [0.15, 0.2) is 6.10 Å². The molecular formula is C13H15FO3. The van der Waals surface area contributed by atoms with Crippen LogP contribution in [0, 0.1) is 12.7 Å². The summed E-state index contributed by atoms with van der Waals surface area (Å²) in [6, 6.07) is 4.75. The van der Waals surface area contributed by atoms with Crippen LogP contribution in [0.5, 0.6) is 0 Å². The van der Waals surface area contributed by atoms with Gasteiger partial charge in [0, 0.05) is 11.0 Å². The number of ether oxygens (including phenoxy) is 1. The topological polar surface area (TPSA) is 46.5 Å². The molecule has 0 amide bonds. The van der Waals surface area contributed by atoms with Crippen molar-refractivity contribution in [2.24, 2.45) is 0 Å². The maximum Gasteiger partial charge on any atom is 0.335 e. The SMILES string of the molecule is COC(=O)C(O)C1(c2c(C)cccc2F)CC1. The summed E-state index contributed by atoms with van der Waals surface area (Å²) in [4.78, 5) is 11.4. The van der Waals surface area contributed by atoms with Crippen molar-refractivity contribution in [3.05, 3.63) is 35.1 Å². The second-order valence-corrected chi connectivity index (χ2v) is 4.51. The molecule has 4 heteroatoms. The maximum absolute atomic E-state index is 13.9. The summed E-state index contributed by atoms with van der Waals surface area (Å²) in [5.41, 5.74) is 0.408. The van der Waals surface area contributed by atoms with Crippen LogP contribution in [-0.2, 0) is 14.9 Å². The maximum atomic E-state index is 13.9. The number of hydrogen-bond donors (Lipinski definition) is 1. The summed E-state index contributed by atoms with van der Waals surface area (Å²) in [5, 5.41) is 9.97. The molecule has 0 aromatic heterocycles. The minimum atomic E-state index is -1.29. The molecule has 2 rings (SSSR count). The first-order valence-corrected chi connectivity index (χ1v) is 5.54. The van der Waals surface area contributed by atoms with Crippen molar-refractivity contribution in [1.82, 2.24) is 0 Å². The van der Waals surface area contributed by atoms with Crippen LogP contribution in [0.1, 0.15) is 24.0 Å². The predicted molar refractivity (Wildman–Crippen MR) is 60.1 cm³/mol. The summed E-state index contributed by atoms with van der Waals surface area (Å²) in [6.07, 6.45) is -0.0844. The van der Waals surface area contributed by atoms with E-state index in [2.05, 4.69) is 4.74 Å². The standard InChI is InChI=1S/C13H15FO3/c1-8-4-3-5-9(14)10(8)13(6-7-13)11(15)12(16)17-2/h3-5,11,15H,6-7H2,1-2H3. The highest BCUT2D eigenvalue weighted by molar-refractivity contribution is 5.77. The second-order valence-electron chi connectivity index (χ2n) is 4.51. The van der Waals surface area contributed by atoms with Gasteiger partial charge in [0.25, 0.3) is 0 Å². The van der Waals surface area contributed by atoms with Gasteiger partial charge < -0.3 is 9.84 Å². The van der Waals surface area contributed by atoms with E-state index in [-0.39, 0.29) is 5.82 Å². The molecular weight excluding hydrogens is 223 g/mol. The quantitative estimate of drug-likeness (QED) is 0.815.